The maximum absolute atomic E-state index is 13.5. The maximum atomic E-state index is 13.5. The molecular weight excluding hydrogens is 352 g/mol. The van der Waals surface area contributed by atoms with Gasteiger partial charge in [-0.25, -0.2) is 8.78 Å². The molecule has 0 saturated carbocycles. The number of piperidine rings is 1. The molecule has 2 N–H and O–H groups in total. The molecule has 0 unspecified atom stereocenters. The molecule has 0 bridgehead atoms. The predicted molar refractivity (Wildman–Crippen MR) is 97.9 cm³/mol. The van der Waals surface area contributed by atoms with Gasteiger partial charge in [0.2, 0.25) is 11.8 Å². The van der Waals surface area contributed by atoms with Crippen molar-refractivity contribution < 1.29 is 18.4 Å². The van der Waals surface area contributed by atoms with Crippen molar-refractivity contribution in [2.45, 2.75) is 51.1 Å². The first-order chi connectivity index (χ1) is 13.0. The summed E-state index contributed by atoms with van der Waals surface area (Å²) >= 11 is 0. The van der Waals surface area contributed by atoms with Gasteiger partial charge in [-0.3, -0.25) is 9.59 Å². The zero-order chi connectivity index (χ0) is 19.4. The van der Waals surface area contributed by atoms with Crippen LogP contribution in [-0.4, -0.2) is 42.4 Å². The molecule has 0 aliphatic carbocycles. The Balaban J connectivity index is 1.68. The summed E-state index contributed by atoms with van der Waals surface area (Å²) in [6, 6.07) is 2.29. The molecule has 148 valence electrons. The van der Waals surface area contributed by atoms with Crippen molar-refractivity contribution in [1.82, 2.24) is 15.5 Å². The minimum Gasteiger partial charge on any atom is -0.348 e. The fourth-order valence-electron chi connectivity index (χ4n) is 4.07. The van der Waals surface area contributed by atoms with Crippen molar-refractivity contribution in [3.63, 3.8) is 0 Å². The van der Waals surface area contributed by atoms with Gasteiger partial charge in [0.15, 0.2) is 0 Å². The van der Waals surface area contributed by atoms with Crippen LogP contribution < -0.4 is 10.6 Å². The van der Waals surface area contributed by atoms with E-state index in [2.05, 4.69) is 10.6 Å². The van der Waals surface area contributed by atoms with E-state index in [1.807, 2.05) is 6.92 Å². The largest absolute Gasteiger partial charge is 0.348 e. The molecule has 7 heteroatoms. The van der Waals surface area contributed by atoms with Crippen LogP contribution in [0.25, 0.3) is 0 Å². The highest BCUT2D eigenvalue weighted by Crippen LogP contribution is 2.25. The smallest absolute Gasteiger partial charge is 0.243 e. The van der Waals surface area contributed by atoms with E-state index in [4.69, 9.17) is 0 Å². The Morgan fingerprint density at radius 3 is 2.59 bits per heavy atom. The van der Waals surface area contributed by atoms with Gasteiger partial charge in [0.05, 0.1) is 12.0 Å². The second kappa shape index (κ2) is 8.78. The molecule has 2 amide bonds. The molecule has 0 aromatic heterocycles. The number of halogens is 2. The number of hydrogen-bond acceptors (Lipinski definition) is 3. The third-order valence-corrected chi connectivity index (χ3v) is 5.50. The van der Waals surface area contributed by atoms with Crippen LogP contribution in [0.3, 0.4) is 0 Å². The molecule has 3 rings (SSSR count). The Morgan fingerprint density at radius 1 is 1.22 bits per heavy atom. The number of benzene rings is 1. The first-order valence-corrected chi connectivity index (χ1v) is 9.77. The van der Waals surface area contributed by atoms with Gasteiger partial charge >= 0.3 is 0 Å². The van der Waals surface area contributed by atoms with E-state index < -0.39 is 23.7 Å². The highest BCUT2D eigenvalue weighted by atomic mass is 19.1. The summed E-state index contributed by atoms with van der Waals surface area (Å²) in [5, 5.41) is 6.12. The third-order valence-electron chi connectivity index (χ3n) is 5.50. The Bertz CT molecular complexity index is 672. The minimum absolute atomic E-state index is 0.0321. The summed E-state index contributed by atoms with van der Waals surface area (Å²) in [6.45, 7) is 4.01. The lowest BCUT2D eigenvalue weighted by Gasteiger charge is -2.31. The van der Waals surface area contributed by atoms with Gasteiger partial charge in [-0.15, -0.1) is 0 Å². The lowest BCUT2D eigenvalue weighted by molar-refractivity contribution is -0.142. The lowest BCUT2D eigenvalue weighted by atomic mass is 9.97. The number of carbonyl (C=O) groups excluding carboxylic acids is 2. The fourth-order valence-corrected chi connectivity index (χ4v) is 4.07. The van der Waals surface area contributed by atoms with Crippen LogP contribution in [-0.2, 0) is 9.59 Å². The van der Waals surface area contributed by atoms with Crippen molar-refractivity contribution in [2.75, 3.05) is 19.6 Å². The SMILES string of the molecule is CC[C@H](NC(=O)[C@H]1CCCN1C(=O)[C@H]1CCCNC1)c1cc(F)cc(F)c1. The molecule has 3 atom stereocenters. The van der Waals surface area contributed by atoms with E-state index in [0.29, 0.717) is 31.5 Å². The van der Waals surface area contributed by atoms with E-state index in [-0.39, 0.29) is 17.7 Å². The molecule has 0 spiro atoms. The third kappa shape index (κ3) is 4.64. The Morgan fingerprint density at radius 2 is 1.96 bits per heavy atom. The highest BCUT2D eigenvalue weighted by Gasteiger charge is 2.37. The zero-order valence-electron chi connectivity index (χ0n) is 15.6. The molecule has 2 saturated heterocycles. The average molecular weight is 379 g/mol. The number of carbonyl (C=O) groups is 2. The molecule has 5 nitrogen and oxygen atoms in total. The summed E-state index contributed by atoms with van der Waals surface area (Å²) in [6.07, 6.45) is 3.71. The van der Waals surface area contributed by atoms with Crippen molar-refractivity contribution in [1.29, 1.82) is 0 Å². The summed E-state index contributed by atoms with van der Waals surface area (Å²) in [5.41, 5.74) is 0.399. The molecular formula is C20H27F2N3O2. The van der Waals surface area contributed by atoms with Crippen LogP contribution in [0.2, 0.25) is 0 Å². The van der Waals surface area contributed by atoms with Gasteiger partial charge in [0.1, 0.15) is 17.7 Å². The van der Waals surface area contributed by atoms with E-state index in [1.165, 1.54) is 12.1 Å². The van der Waals surface area contributed by atoms with Crippen molar-refractivity contribution in [3.05, 3.63) is 35.4 Å². The molecule has 2 aliphatic rings. The summed E-state index contributed by atoms with van der Waals surface area (Å²) in [7, 11) is 0. The standard InChI is InChI=1S/C20H27F2N3O2/c1-2-17(14-9-15(21)11-16(22)10-14)24-19(26)18-6-4-8-25(18)20(27)13-5-3-7-23-12-13/h9-11,13,17-18,23H,2-8,12H2,1H3,(H,24,26)/t13-,17-,18+/m0/s1. The van der Waals surface area contributed by atoms with Gasteiger partial charge in [-0.05, 0) is 56.3 Å². The predicted octanol–water partition coefficient (Wildman–Crippen LogP) is 2.52. The number of rotatable bonds is 5. The first-order valence-electron chi connectivity index (χ1n) is 9.77. The molecule has 1 aromatic carbocycles. The van der Waals surface area contributed by atoms with Gasteiger partial charge < -0.3 is 15.5 Å². The van der Waals surface area contributed by atoms with E-state index in [0.717, 1.165) is 31.9 Å². The second-order valence-corrected chi connectivity index (χ2v) is 7.41. The molecule has 27 heavy (non-hydrogen) atoms. The highest BCUT2D eigenvalue weighted by molar-refractivity contribution is 5.89. The van der Waals surface area contributed by atoms with E-state index in [1.54, 1.807) is 4.90 Å². The van der Waals surface area contributed by atoms with Crippen LogP contribution in [0.4, 0.5) is 8.78 Å². The normalized spacial score (nSPS) is 23.9. The summed E-state index contributed by atoms with van der Waals surface area (Å²) in [4.78, 5) is 27.4. The summed E-state index contributed by atoms with van der Waals surface area (Å²) < 4.78 is 27.1. The van der Waals surface area contributed by atoms with E-state index >= 15 is 0 Å². The number of hydrogen-bond donors (Lipinski definition) is 2. The number of likely N-dealkylation sites (tertiary alicyclic amines) is 1. The lowest BCUT2D eigenvalue weighted by Crippen LogP contribution is -2.50. The molecule has 0 radical (unpaired) electrons. The molecule has 2 fully saturated rings. The fraction of sp³-hybridized carbons (Fsp3) is 0.600. The Hall–Kier alpha value is -2.02. The Labute approximate surface area is 158 Å². The molecule has 2 heterocycles. The first kappa shape index (κ1) is 19.7. The topological polar surface area (TPSA) is 61.4 Å². The van der Waals surface area contributed by atoms with Crippen LogP contribution in [0.1, 0.15) is 50.6 Å². The van der Waals surface area contributed by atoms with Crippen LogP contribution in [0.5, 0.6) is 0 Å². The van der Waals surface area contributed by atoms with Crippen LogP contribution >= 0.6 is 0 Å². The average Bonchev–Trinajstić information content (AvgIpc) is 3.15. The van der Waals surface area contributed by atoms with E-state index in [9.17, 15) is 18.4 Å². The van der Waals surface area contributed by atoms with Crippen LogP contribution in [0, 0.1) is 17.6 Å². The molecule has 2 aliphatic heterocycles. The molecule has 1 aromatic rings. The van der Waals surface area contributed by atoms with Crippen LogP contribution in [0.15, 0.2) is 18.2 Å². The van der Waals surface area contributed by atoms with Crippen molar-refractivity contribution in [2.24, 2.45) is 5.92 Å². The van der Waals surface area contributed by atoms with Gasteiger partial charge in [-0.2, -0.15) is 0 Å². The number of nitrogens with zero attached hydrogens (tertiary/aromatic N) is 1. The quantitative estimate of drug-likeness (QED) is 0.827. The summed E-state index contributed by atoms with van der Waals surface area (Å²) in [5.74, 6) is -1.63. The van der Waals surface area contributed by atoms with Gasteiger partial charge in [-0.1, -0.05) is 6.92 Å². The second-order valence-electron chi connectivity index (χ2n) is 7.41. The van der Waals surface area contributed by atoms with Crippen molar-refractivity contribution >= 4 is 11.8 Å². The van der Waals surface area contributed by atoms with Crippen molar-refractivity contribution in [3.8, 4) is 0 Å². The zero-order valence-corrected chi connectivity index (χ0v) is 15.6. The maximum Gasteiger partial charge on any atom is 0.243 e. The van der Waals surface area contributed by atoms with Gasteiger partial charge in [0.25, 0.3) is 0 Å². The monoisotopic (exact) mass is 379 g/mol. The number of amides is 2. The number of nitrogens with one attached hydrogen (secondary N) is 2. The minimum atomic E-state index is -0.667. The Kier molecular flexibility index (Phi) is 6.42. The van der Waals surface area contributed by atoms with Gasteiger partial charge in [0, 0.05) is 19.2 Å².